The van der Waals surface area contributed by atoms with E-state index in [1.54, 1.807) is 18.5 Å². The van der Waals surface area contributed by atoms with Crippen molar-refractivity contribution in [3.05, 3.63) is 52.2 Å². The normalized spacial score (nSPS) is 9.44. The lowest BCUT2D eigenvalue weighted by molar-refractivity contribution is 0.685. The smallest absolute Gasteiger partial charge is 0.248 e. The largest absolute Gasteiger partial charge is 0.329 e. The summed E-state index contributed by atoms with van der Waals surface area (Å²) < 4.78 is 1.81. The van der Waals surface area contributed by atoms with E-state index < -0.39 is 0 Å². The van der Waals surface area contributed by atoms with E-state index in [1.165, 1.54) is 0 Å². The van der Waals surface area contributed by atoms with Crippen LogP contribution < -0.4 is 5.56 Å². The van der Waals surface area contributed by atoms with Gasteiger partial charge in [0.15, 0.2) is 0 Å². The molecule has 16 heavy (non-hydrogen) atoms. The Bertz CT molecular complexity index is 485. The number of hydrogen-bond donors (Lipinski definition) is 1. The SMILES string of the molecule is CC.Cc1cnn(Cc2cc[nH]c(=O)c2)c1. The molecule has 0 aliphatic rings. The van der Waals surface area contributed by atoms with Gasteiger partial charge >= 0.3 is 0 Å². The summed E-state index contributed by atoms with van der Waals surface area (Å²) in [4.78, 5) is 13.6. The van der Waals surface area contributed by atoms with Gasteiger partial charge in [0, 0.05) is 18.5 Å². The molecule has 2 heterocycles. The van der Waals surface area contributed by atoms with Crippen LogP contribution in [0.15, 0.2) is 35.5 Å². The molecule has 2 aromatic heterocycles. The quantitative estimate of drug-likeness (QED) is 0.839. The molecule has 2 rings (SSSR count). The highest BCUT2D eigenvalue weighted by molar-refractivity contribution is 5.11. The second kappa shape index (κ2) is 5.90. The summed E-state index contributed by atoms with van der Waals surface area (Å²) in [5.41, 5.74) is 2.00. The van der Waals surface area contributed by atoms with E-state index in [0.717, 1.165) is 11.1 Å². The Labute approximate surface area is 94.9 Å². The molecule has 4 nitrogen and oxygen atoms in total. The van der Waals surface area contributed by atoms with Crippen LogP contribution >= 0.6 is 0 Å². The number of aryl methyl sites for hydroxylation is 1. The molecule has 86 valence electrons. The van der Waals surface area contributed by atoms with Crippen molar-refractivity contribution in [3.8, 4) is 0 Å². The van der Waals surface area contributed by atoms with Crippen molar-refractivity contribution in [2.24, 2.45) is 0 Å². The summed E-state index contributed by atoms with van der Waals surface area (Å²) in [6.45, 7) is 6.62. The lowest BCUT2D eigenvalue weighted by atomic mass is 10.3. The first-order chi connectivity index (χ1) is 7.74. The minimum absolute atomic E-state index is 0.0774. The molecule has 0 aromatic carbocycles. The van der Waals surface area contributed by atoms with E-state index in [9.17, 15) is 4.79 Å². The van der Waals surface area contributed by atoms with Gasteiger partial charge in [0.25, 0.3) is 0 Å². The lowest BCUT2D eigenvalue weighted by Gasteiger charge is -1.99. The Morgan fingerprint density at radius 3 is 2.75 bits per heavy atom. The second-order valence-corrected chi connectivity index (χ2v) is 3.28. The van der Waals surface area contributed by atoms with Gasteiger partial charge < -0.3 is 4.98 Å². The van der Waals surface area contributed by atoms with Gasteiger partial charge in [0.05, 0.1) is 12.7 Å². The minimum atomic E-state index is -0.0774. The maximum Gasteiger partial charge on any atom is 0.248 e. The van der Waals surface area contributed by atoms with E-state index >= 15 is 0 Å². The van der Waals surface area contributed by atoms with Crippen LogP contribution in [0.1, 0.15) is 25.0 Å². The highest BCUT2D eigenvalue weighted by Gasteiger charge is 1.96. The van der Waals surface area contributed by atoms with Crippen molar-refractivity contribution in [1.82, 2.24) is 14.8 Å². The molecule has 2 aromatic rings. The van der Waals surface area contributed by atoms with Crippen molar-refractivity contribution < 1.29 is 0 Å². The fourth-order valence-electron chi connectivity index (χ4n) is 1.33. The predicted molar refractivity (Wildman–Crippen MR) is 64.5 cm³/mol. The van der Waals surface area contributed by atoms with Crippen LogP contribution in [0.3, 0.4) is 0 Å². The van der Waals surface area contributed by atoms with Gasteiger partial charge in [-0.1, -0.05) is 13.8 Å². The first-order valence-corrected chi connectivity index (χ1v) is 5.41. The molecule has 0 atom stereocenters. The molecule has 0 aliphatic carbocycles. The Balaban J connectivity index is 0.000000606. The molecule has 0 unspecified atom stereocenters. The molecule has 0 amide bonds. The number of nitrogens with zero attached hydrogens (tertiary/aromatic N) is 2. The number of pyridine rings is 1. The third-order valence-electron chi connectivity index (χ3n) is 1.95. The summed E-state index contributed by atoms with van der Waals surface area (Å²) in [7, 11) is 0. The predicted octanol–water partition coefficient (Wildman–Crippen LogP) is 1.95. The van der Waals surface area contributed by atoms with E-state index in [2.05, 4.69) is 10.1 Å². The van der Waals surface area contributed by atoms with Crippen LogP contribution in [0, 0.1) is 6.92 Å². The molecule has 0 aliphatic heterocycles. The number of nitrogens with one attached hydrogen (secondary N) is 1. The highest BCUT2D eigenvalue weighted by Crippen LogP contribution is 1.99. The Kier molecular flexibility index (Phi) is 4.51. The molecule has 0 saturated heterocycles. The van der Waals surface area contributed by atoms with Gasteiger partial charge in [-0.2, -0.15) is 5.10 Å². The molecular weight excluding hydrogens is 202 g/mol. The van der Waals surface area contributed by atoms with Crippen LogP contribution in [-0.2, 0) is 6.54 Å². The second-order valence-electron chi connectivity index (χ2n) is 3.28. The van der Waals surface area contributed by atoms with E-state index in [0.29, 0.717) is 6.54 Å². The van der Waals surface area contributed by atoms with Crippen molar-refractivity contribution in [1.29, 1.82) is 0 Å². The fraction of sp³-hybridized carbons (Fsp3) is 0.333. The molecule has 0 fully saturated rings. The highest BCUT2D eigenvalue weighted by atomic mass is 16.1. The third-order valence-corrected chi connectivity index (χ3v) is 1.95. The summed E-state index contributed by atoms with van der Waals surface area (Å²) in [5, 5.41) is 4.15. The fourth-order valence-corrected chi connectivity index (χ4v) is 1.33. The molecular formula is C12H17N3O. The molecule has 0 bridgehead atoms. The van der Waals surface area contributed by atoms with Crippen LogP contribution in [-0.4, -0.2) is 14.8 Å². The number of rotatable bonds is 2. The number of hydrogen-bond acceptors (Lipinski definition) is 2. The zero-order valence-electron chi connectivity index (χ0n) is 9.90. The number of aromatic nitrogens is 3. The molecule has 0 saturated carbocycles. The number of H-pyrrole nitrogens is 1. The first kappa shape index (κ1) is 12.2. The van der Waals surface area contributed by atoms with Gasteiger partial charge in [-0.3, -0.25) is 9.48 Å². The lowest BCUT2D eigenvalue weighted by Crippen LogP contribution is -2.07. The molecule has 1 N–H and O–H groups in total. The van der Waals surface area contributed by atoms with Gasteiger partial charge in [0.1, 0.15) is 0 Å². The zero-order valence-corrected chi connectivity index (χ0v) is 9.90. The zero-order chi connectivity index (χ0) is 12.0. The van der Waals surface area contributed by atoms with E-state index in [-0.39, 0.29) is 5.56 Å². The number of aromatic amines is 1. The van der Waals surface area contributed by atoms with Gasteiger partial charge in [-0.05, 0) is 24.1 Å². The maximum atomic E-state index is 11.0. The average Bonchev–Trinajstić information content (AvgIpc) is 2.67. The van der Waals surface area contributed by atoms with Crippen molar-refractivity contribution in [2.75, 3.05) is 0 Å². The standard InChI is InChI=1S/C10H11N3O.C2H6/c1-8-5-12-13(6-8)7-9-2-3-11-10(14)4-9;1-2/h2-6H,7H2,1H3,(H,11,14);1-2H3. The molecule has 0 spiro atoms. The van der Waals surface area contributed by atoms with Crippen LogP contribution in [0.25, 0.3) is 0 Å². The van der Waals surface area contributed by atoms with E-state index in [1.807, 2.05) is 37.7 Å². The summed E-state index contributed by atoms with van der Waals surface area (Å²) in [5.74, 6) is 0. The van der Waals surface area contributed by atoms with Crippen LogP contribution in [0.2, 0.25) is 0 Å². The summed E-state index contributed by atoms with van der Waals surface area (Å²) in [6.07, 6.45) is 5.39. The average molecular weight is 219 g/mol. The Hall–Kier alpha value is -1.84. The van der Waals surface area contributed by atoms with Gasteiger partial charge in [0.2, 0.25) is 5.56 Å². The Morgan fingerprint density at radius 2 is 2.19 bits per heavy atom. The monoisotopic (exact) mass is 219 g/mol. The minimum Gasteiger partial charge on any atom is -0.329 e. The van der Waals surface area contributed by atoms with Gasteiger partial charge in [-0.15, -0.1) is 0 Å². The summed E-state index contributed by atoms with van der Waals surface area (Å²) in [6, 6.07) is 3.45. The van der Waals surface area contributed by atoms with Crippen molar-refractivity contribution in [3.63, 3.8) is 0 Å². The van der Waals surface area contributed by atoms with Crippen LogP contribution in [0.5, 0.6) is 0 Å². The topological polar surface area (TPSA) is 50.7 Å². The summed E-state index contributed by atoms with van der Waals surface area (Å²) >= 11 is 0. The van der Waals surface area contributed by atoms with E-state index in [4.69, 9.17) is 0 Å². The first-order valence-electron chi connectivity index (χ1n) is 5.41. The Morgan fingerprint density at radius 1 is 1.44 bits per heavy atom. The molecule has 4 heteroatoms. The van der Waals surface area contributed by atoms with Gasteiger partial charge in [-0.25, -0.2) is 0 Å². The van der Waals surface area contributed by atoms with Crippen molar-refractivity contribution >= 4 is 0 Å². The molecule has 0 radical (unpaired) electrons. The maximum absolute atomic E-state index is 11.0. The third kappa shape index (κ3) is 3.38. The van der Waals surface area contributed by atoms with Crippen LogP contribution in [0.4, 0.5) is 0 Å². The van der Waals surface area contributed by atoms with Crippen molar-refractivity contribution in [2.45, 2.75) is 27.3 Å².